The number of nitrogens with one attached hydrogen (secondary N) is 1. The number of amides is 2. The van der Waals surface area contributed by atoms with Gasteiger partial charge in [-0.15, -0.1) is 0 Å². The van der Waals surface area contributed by atoms with Gasteiger partial charge in [-0.3, -0.25) is 14.5 Å². The lowest BCUT2D eigenvalue weighted by Gasteiger charge is -2.37. The lowest BCUT2D eigenvalue weighted by molar-refractivity contribution is -0.137. The summed E-state index contributed by atoms with van der Waals surface area (Å²) in [5.41, 5.74) is 0.986. The van der Waals surface area contributed by atoms with Crippen molar-refractivity contribution in [2.24, 2.45) is 0 Å². The topological polar surface area (TPSA) is 61.9 Å². The van der Waals surface area contributed by atoms with E-state index in [0.717, 1.165) is 5.56 Å². The van der Waals surface area contributed by atoms with Crippen molar-refractivity contribution in [3.63, 3.8) is 0 Å². The molecular formula is C18H26FN3O3. The molecule has 0 spiro atoms. The van der Waals surface area contributed by atoms with Gasteiger partial charge in [-0.05, 0) is 31.0 Å². The Morgan fingerprint density at radius 3 is 2.44 bits per heavy atom. The predicted molar refractivity (Wildman–Crippen MR) is 92.6 cm³/mol. The molecule has 0 bridgehead atoms. The molecule has 1 heterocycles. The van der Waals surface area contributed by atoms with Crippen LogP contribution in [-0.4, -0.2) is 74.1 Å². The second kappa shape index (κ2) is 9.48. The Hall–Kier alpha value is -1.99. The van der Waals surface area contributed by atoms with Crippen molar-refractivity contribution in [3.05, 3.63) is 35.6 Å². The summed E-state index contributed by atoms with van der Waals surface area (Å²) in [6.07, 6.45) is 0.665. The number of halogens is 1. The SMILES string of the molecule is COCC(=O)N1CCN(C(C)C(=O)NCCc2ccc(F)cc2)CC1. The van der Waals surface area contributed by atoms with Crippen molar-refractivity contribution < 1.29 is 18.7 Å². The van der Waals surface area contributed by atoms with Gasteiger partial charge in [-0.2, -0.15) is 0 Å². The molecule has 1 N–H and O–H groups in total. The molecule has 0 aliphatic carbocycles. The third-order valence-corrected chi connectivity index (χ3v) is 4.49. The van der Waals surface area contributed by atoms with Gasteiger partial charge in [-0.25, -0.2) is 4.39 Å². The van der Waals surface area contributed by atoms with E-state index in [1.165, 1.54) is 19.2 Å². The molecule has 25 heavy (non-hydrogen) atoms. The molecule has 2 amide bonds. The van der Waals surface area contributed by atoms with Gasteiger partial charge in [0.25, 0.3) is 0 Å². The zero-order valence-corrected chi connectivity index (χ0v) is 14.8. The van der Waals surface area contributed by atoms with Gasteiger partial charge in [0.15, 0.2) is 0 Å². The first-order valence-corrected chi connectivity index (χ1v) is 8.54. The normalized spacial score (nSPS) is 16.5. The number of nitrogens with zero attached hydrogens (tertiary/aromatic N) is 2. The summed E-state index contributed by atoms with van der Waals surface area (Å²) in [5.74, 6) is -0.304. The number of piperazine rings is 1. The number of carbonyl (C=O) groups is 2. The summed E-state index contributed by atoms with van der Waals surface area (Å²) in [5, 5.41) is 2.92. The van der Waals surface area contributed by atoms with Crippen molar-refractivity contribution in [3.8, 4) is 0 Å². The van der Waals surface area contributed by atoms with Crippen molar-refractivity contribution in [2.45, 2.75) is 19.4 Å². The minimum atomic E-state index is -0.260. The number of hydrogen-bond acceptors (Lipinski definition) is 4. The molecule has 1 saturated heterocycles. The first kappa shape index (κ1) is 19.3. The lowest BCUT2D eigenvalue weighted by atomic mass is 10.1. The third-order valence-electron chi connectivity index (χ3n) is 4.49. The van der Waals surface area contributed by atoms with E-state index in [1.54, 1.807) is 17.0 Å². The second-order valence-electron chi connectivity index (χ2n) is 6.19. The van der Waals surface area contributed by atoms with Crippen LogP contribution in [0.4, 0.5) is 4.39 Å². The van der Waals surface area contributed by atoms with Gasteiger partial charge in [0, 0.05) is 39.8 Å². The van der Waals surface area contributed by atoms with E-state index in [0.29, 0.717) is 39.1 Å². The van der Waals surface area contributed by atoms with E-state index in [-0.39, 0.29) is 30.3 Å². The average Bonchev–Trinajstić information content (AvgIpc) is 2.63. The second-order valence-corrected chi connectivity index (χ2v) is 6.19. The quantitative estimate of drug-likeness (QED) is 0.784. The van der Waals surface area contributed by atoms with Gasteiger partial charge in [-0.1, -0.05) is 12.1 Å². The van der Waals surface area contributed by atoms with E-state index in [1.807, 2.05) is 6.92 Å². The van der Waals surface area contributed by atoms with Crippen LogP contribution in [-0.2, 0) is 20.7 Å². The minimum absolute atomic E-state index is 0.0152. The van der Waals surface area contributed by atoms with Crippen LogP contribution < -0.4 is 5.32 Å². The highest BCUT2D eigenvalue weighted by molar-refractivity contribution is 5.81. The van der Waals surface area contributed by atoms with Crippen LogP contribution in [0.1, 0.15) is 12.5 Å². The number of methoxy groups -OCH3 is 1. The van der Waals surface area contributed by atoms with Crippen molar-refractivity contribution in [1.29, 1.82) is 0 Å². The zero-order chi connectivity index (χ0) is 18.2. The predicted octanol–water partition coefficient (Wildman–Crippen LogP) is 0.664. The van der Waals surface area contributed by atoms with E-state index >= 15 is 0 Å². The van der Waals surface area contributed by atoms with Crippen LogP contribution in [0.25, 0.3) is 0 Å². The number of hydrogen-bond donors (Lipinski definition) is 1. The molecule has 7 heteroatoms. The Bertz CT molecular complexity index is 571. The highest BCUT2D eigenvalue weighted by Crippen LogP contribution is 2.07. The monoisotopic (exact) mass is 351 g/mol. The molecular weight excluding hydrogens is 325 g/mol. The van der Waals surface area contributed by atoms with Crippen molar-refractivity contribution >= 4 is 11.8 Å². The zero-order valence-electron chi connectivity index (χ0n) is 14.8. The van der Waals surface area contributed by atoms with Crippen LogP contribution in [0, 0.1) is 5.82 Å². The summed E-state index contributed by atoms with van der Waals surface area (Å²) in [4.78, 5) is 27.9. The fourth-order valence-electron chi connectivity index (χ4n) is 2.87. The Morgan fingerprint density at radius 1 is 1.20 bits per heavy atom. The number of carbonyl (C=O) groups excluding carboxylic acids is 2. The van der Waals surface area contributed by atoms with Gasteiger partial charge in [0.2, 0.25) is 11.8 Å². The van der Waals surface area contributed by atoms with E-state index < -0.39 is 0 Å². The van der Waals surface area contributed by atoms with E-state index in [2.05, 4.69) is 10.2 Å². The minimum Gasteiger partial charge on any atom is -0.375 e. The molecule has 1 fully saturated rings. The molecule has 138 valence electrons. The summed E-state index contributed by atoms with van der Waals surface area (Å²) >= 11 is 0. The fourth-order valence-corrected chi connectivity index (χ4v) is 2.87. The van der Waals surface area contributed by atoms with Crippen molar-refractivity contribution in [2.75, 3.05) is 46.4 Å². The molecule has 1 unspecified atom stereocenters. The highest BCUT2D eigenvalue weighted by Gasteiger charge is 2.27. The van der Waals surface area contributed by atoms with Crippen LogP contribution in [0.15, 0.2) is 24.3 Å². The summed E-state index contributed by atoms with van der Waals surface area (Å²) in [7, 11) is 1.51. The summed E-state index contributed by atoms with van der Waals surface area (Å²) in [6.45, 7) is 5.04. The third kappa shape index (κ3) is 5.79. The maximum atomic E-state index is 12.9. The molecule has 1 aliphatic rings. The molecule has 6 nitrogen and oxygen atoms in total. The van der Waals surface area contributed by atoms with Gasteiger partial charge in [0.1, 0.15) is 12.4 Å². The first-order valence-electron chi connectivity index (χ1n) is 8.54. The van der Waals surface area contributed by atoms with Crippen LogP contribution in [0.2, 0.25) is 0 Å². The molecule has 1 aromatic rings. The van der Waals surface area contributed by atoms with Crippen molar-refractivity contribution in [1.82, 2.24) is 15.1 Å². The van der Waals surface area contributed by atoms with Crippen LogP contribution in [0.3, 0.4) is 0 Å². The number of ether oxygens (including phenoxy) is 1. The number of benzene rings is 1. The summed E-state index contributed by atoms with van der Waals surface area (Å²) < 4.78 is 17.7. The van der Waals surface area contributed by atoms with Gasteiger partial charge >= 0.3 is 0 Å². The Morgan fingerprint density at radius 2 is 1.84 bits per heavy atom. The standard InChI is InChI=1S/C18H26FN3O3/c1-14(21-9-11-22(12-10-21)17(23)13-25-2)18(24)20-8-7-15-3-5-16(19)6-4-15/h3-6,14H,7-13H2,1-2H3,(H,20,24). The largest absolute Gasteiger partial charge is 0.375 e. The molecule has 0 aromatic heterocycles. The fraction of sp³-hybridized carbons (Fsp3) is 0.556. The molecule has 1 atom stereocenters. The number of rotatable bonds is 7. The Balaban J connectivity index is 1.71. The van der Waals surface area contributed by atoms with E-state index in [9.17, 15) is 14.0 Å². The Labute approximate surface area is 147 Å². The Kier molecular flexibility index (Phi) is 7.33. The molecule has 2 rings (SSSR count). The molecule has 0 saturated carbocycles. The average molecular weight is 351 g/mol. The lowest BCUT2D eigenvalue weighted by Crippen LogP contribution is -2.55. The van der Waals surface area contributed by atoms with E-state index in [4.69, 9.17) is 4.74 Å². The maximum absolute atomic E-state index is 12.9. The summed E-state index contributed by atoms with van der Waals surface area (Å²) in [6, 6.07) is 6.05. The highest BCUT2D eigenvalue weighted by atomic mass is 19.1. The smallest absolute Gasteiger partial charge is 0.248 e. The first-order chi connectivity index (χ1) is 12.0. The van der Waals surface area contributed by atoms with Gasteiger partial charge < -0.3 is 15.0 Å². The van der Waals surface area contributed by atoms with Crippen LogP contribution in [0.5, 0.6) is 0 Å². The maximum Gasteiger partial charge on any atom is 0.248 e. The molecule has 1 aromatic carbocycles. The van der Waals surface area contributed by atoms with Crippen LogP contribution >= 0.6 is 0 Å². The molecule has 1 aliphatic heterocycles. The molecule has 0 radical (unpaired) electrons. The van der Waals surface area contributed by atoms with Gasteiger partial charge in [0.05, 0.1) is 6.04 Å².